The first kappa shape index (κ1) is 13.7. The molecule has 0 bridgehead atoms. The molecule has 5 nitrogen and oxygen atoms in total. The molecule has 0 unspecified atom stereocenters. The molecule has 0 atom stereocenters. The molecule has 0 aromatic carbocycles. The van der Waals surface area contributed by atoms with E-state index in [4.69, 9.17) is 0 Å². The summed E-state index contributed by atoms with van der Waals surface area (Å²) in [6.45, 7) is 5.49. The molecule has 19 heavy (non-hydrogen) atoms. The minimum atomic E-state index is -0.693. The highest BCUT2D eigenvalue weighted by molar-refractivity contribution is 7.85. The van der Waals surface area contributed by atoms with Crippen molar-refractivity contribution in [1.82, 2.24) is 10.3 Å². The molecule has 6 heteroatoms. The van der Waals surface area contributed by atoms with Crippen molar-refractivity contribution >= 4 is 22.5 Å². The van der Waals surface area contributed by atoms with Crippen LogP contribution in [0.4, 0.5) is 5.82 Å². The highest BCUT2D eigenvalue weighted by Gasteiger charge is 2.16. The summed E-state index contributed by atoms with van der Waals surface area (Å²) in [5, 5.41) is 2.70. The third-order valence-corrected chi connectivity index (χ3v) is 4.19. The standard InChI is InChI=1S/C13H17N3O2S/c1-2-5-14-13(17)11-3-4-12(15-10-11)16-6-8-19(18)9-7-16/h2-4,10H,1,5-9H2,(H,14,17). The van der Waals surface area contributed by atoms with E-state index in [1.54, 1.807) is 18.3 Å². The molecule has 0 radical (unpaired) electrons. The van der Waals surface area contributed by atoms with Gasteiger partial charge in [0, 0.05) is 48.1 Å². The second kappa shape index (κ2) is 6.47. The number of nitrogens with zero attached hydrogens (tertiary/aromatic N) is 2. The normalized spacial score (nSPS) is 16.1. The Hall–Kier alpha value is -1.69. The fourth-order valence-electron chi connectivity index (χ4n) is 1.84. The van der Waals surface area contributed by atoms with Crippen LogP contribution in [0.25, 0.3) is 0 Å². The van der Waals surface area contributed by atoms with Crippen molar-refractivity contribution in [3.63, 3.8) is 0 Å². The fraction of sp³-hybridized carbons (Fsp3) is 0.385. The first-order valence-electron chi connectivity index (χ1n) is 6.16. The topological polar surface area (TPSA) is 62.3 Å². The summed E-state index contributed by atoms with van der Waals surface area (Å²) in [6.07, 6.45) is 3.20. The maximum absolute atomic E-state index is 11.7. The van der Waals surface area contributed by atoms with Gasteiger partial charge < -0.3 is 10.2 Å². The van der Waals surface area contributed by atoms with Crippen molar-refractivity contribution in [3.8, 4) is 0 Å². The van der Waals surface area contributed by atoms with Crippen LogP contribution in [0.5, 0.6) is 0 Å². The number of carbonyl (C=O) groups excluding carboxylic acids is 1. The van der Waals surface area contributed by atoms with Crippen molar-refractivity contribution in [2.45, 2.75) is 0 Å². The molecule has 1 saturated heterocycles. The fourth-order valence-corrected chi connectivity index (χ4v) is 2.89. The van der Waals surface area contributed by atoms with Gasteiger partial charge in [-0.3, -0.25) is 9.00 Å². The van der Waals surface area contributed by atoms with Gasteiger partial charge in [-0.1, -0.05) is 6.08 Å². The van der Waals surface area contributed by atoms with Gasteiger partial charge in [0.05, 0.1) is 5.56 Å². The van der Waals surface area contributed by atoms with E-state index < -0.39 is 10.8 Å². The van der Waals surface area contributed by atoms with Crippen LogP contribution in [0, 0.1) is 0 Å². The number of anilines is 1. The number of carbonyl (C=O) groups is 1. The van der Waals surface area contributed by atoms with E-state index in [-0.39, 0.29) is 5.91 Å². The summed E-state index contributed by atoms with van der Waals surface area (Å²) in [6, 6.07) is 3.59. The average molecular weight is 279 g/mol. The number of hydrogen-bond acceptors (Lipinski definition) is 4. The lowest BCUT2D eigenvalue weighted by atomic mass is 10.2. The Bertz CT molecular complexity index is 477. The second-order valence-electron chi connectivity index (χ2n) is 4.24. The molecule has 0 spiro atoms. The van der Waals surface area contributed by atoms with Gasteiger partial charge in [-0.15, -0.1) is 6.58 Å². The largest absolute Gasteiger partial charge is 0.355 e. The molecule has 0 aliphatic carbocycles. The third kappa shape index (κ3) is 3.64. The quantitative estimate of drug-likeness (QED) is 0.818. The summed E-state index contributed by atoms with van der Waals surface area (Å²) in [5.74, 6) is 2.04. The van der Waals surface area contributed by atoms with Gasteiger partial charge >= 0.3 is 0 Å². The molecule has 1 aliphatic rings. The van der Waals surface area contributed by atoms with E-state index in [1.807, 2.05) is 6.07 Å². The Labute approximate surface area is 115 Å². The SMILES string of the molecule is C=CCNC(=O)c1ccc(N2CCS(=O)CC2)nc1. The van der Waals surface area contributed by atoms with Crippen LogP contribution in [-0.4, -0.2) is 46.2 Å². The summed E-state index contributed by atoms with van der Waals surface area (Å²) >= 11 is 0. The Balaban J connectivity index is 2.00. The monoisotopic (exact) mass is 279 g/mol. The Morgan fingerprint density at radius 3 is 2.79 bits per heavy atom. The molecule has 102 valence electrons. The van der Waals surface area contributed by atoms with Crippen LogP contribution in [0.2, 0.25) is 0 Å². The van der Waals surface area contributed by atoms with Crippen LogP contribution >= 0.6 is 0 Å². The predicted octanol–water partition coefficient (Wildman–Crippen LogP) is 0.566. The molecule has 1 fully saturated rings. The minimum absolute atomic E-state index is 0.154. The van der Waals surface area contributed by atoms with Gasteiger partial charge in [0.2, 0.25) is 0 Å². The van der Waals surface area contributed by atoms with E-state index >= 15 is 0 Å². The second-order valence-corrected chi connectivity index (χ2v) is 5.94. The van der Waals surface area contributed by atoms with Crippen LogP contribution in [-0.2, 0) is 10.8 Å². The molecule has 0 saturated carbocycles. The van der Waals surface area contributed by atoms with E-state index in [1.165, 1.54) is 0 Å². The molecular formula is C13H17N3O2S. The van der Waals surface area contributed by atoms with Gasteiger partial charge in [-0.05, 0) is 12.1 Å². The summed E-state index contributed by atoms with van der Waals surface area (Å²) < 4.78 is 11.3. The van der Waals surface area contributed by atoms with Crippen molar-refractivity contribution in [1.29, 1.82) is 0 Å². The summed E-state index contributed by atoms with van der Waals surface area (Å²) in [4.78, 5) is 18.1. The van der Waals surface area contributed by atoms with E-state index in [2.05, 4.69) is 21.8 Å². The predicted molar refractivity (Wildman–Crippen MR) is 76.9 cm³/mol. The van der Waals surface area contributed by atoms with Gasteiger partial charge in [-0.25, -0.2) is 4.98 Å². The maximum Gasteiger partial charge on any atom is 0.253 e. The zero-order valence-corrected chi connectivity index (χ0v) is 11.5. The smallest absolute Gasteiger partial charge is 0.253 e. The van der Waals surface area contributed by atoms with Crippen molar-refractivity contribution in [3.05, 3.63) is 36.5 Å². The first-order valence-corrected chi connectivity index (χ1v) is 7.64. The molecule has 1 N–H and O–H groups in total. The lowest BCUT2D eigenvalue weighted by molar-refractivity contribution is 0.0957. The van der Waals surface area contributed by atoms with Gasteiger partial charge in [0.1, 0.15) is 5.82 Å². The first-order chi connectivity index (χ1) is 9.20. The number of amides is 1. The number of nitrogens with one attached hydrogen (secondary N) is 1. The van der Waals surface area contributed by atoms with Crippen molar-refractivity contribution < 1.29 is 9.00 Å². The molecule has 1 aromatic rings. The van der Waals surface area contributed by atoms with Crippen molar-refractivity contribution in [2.75, 3.05) is 36.0 Å². The van der Waals surface area contributed by atoms with E-state index in [9.17, 15) is 9.00 Å². The Morgan fingerprint density at radius 2 is 2.21 bits per heavy atom. The molecule has 1 aromatic heterocycles. The van der Waals surface area contributed by atoms with Crippen LogP contribution in [0.3, 0.4) is 0 Å². The zero-order chi connectivity index (χ0) is 13.7. The van der Waals surface area contributed by atoms with Crippen LogP contribution < -0.4 is 10.2 Å². The number of pyridine rings is 1. The third-order valence-electron chi connectivity index (χ3n) is 2.92. The van der Waals surface area contributed by atoms with Crippen molar-refractivity contribution in [2.24, 2.45) is 0 Å². The molecule has 2 rings (SSSR count). The molecule has 1 amide bonds. The zero-order valence-electron chi connectivity index (χ0n) is 10.7. The lowest BCUT2D eigenvalue weighted by Crippen LogP contribution is -2.38. The number of hydrogen-bond donors (Lipinski definition) is 1. The molecule has 1 aliphatic heterocycles. The number of rotatable bonds is 4. The van der Waals surface area contributed by atoms with E-state index in [0.29, 0.717) is 23.6 Å². The summed E-state index contributed by atoms with van der Waals surface area (Å²) in [5.41, 5.74) is 0.534. The highest BCUT2D eigenvalue weighted by atomic mass is 32.2. The van der Waals surface area contributed by atoms with Gasteiger partial charge in [0.25, 0.3) is 5.91 Å². The van der Waals surface area contributed by atoms with Gasteiger partial charge in [0.15, 0.2) is 0 Å². The van der Waals surface area contributed by atoms with Crippen LogP contribution in [0.15, 0.2) is 31.0 Å². The maximum atomic E-state index is 11.7. The molecule has 2 heterocycles. The van der Waals surface area contributed by atoms with E-state index in [0.717, 1.165) is 18.9 Å². The average Bonchev–Trinajstić information content (AvgIpc) is 2.46. The molecular weight excluding hydrogens is 262 g/mol. The van der Waals surface area contributed by atoms with Gasteiger partial charge in [-0.2, -0.15) is 0 Å². The van der Waals surface area contributed by atoms with Crippen LogP contribution in [0.1, 0.15) is 10.4 Å². The Morgan fingerprint density at radius 1 is 1.47 bits per heavy atom. The lowest BCUT2D eigenvalue weighted by Gasteiger charge is -2.27. The Kier molecular flexibility index (Phi) is 4.68. The minimum Gasteiger partial charge on any atom is -0.355 e. The highest BCUT2D eigenvalue weighted by Crippen LogP contribution is 2.13. The summed E-state index contributed by atoms with van der Waals surface area (Å²) in [7, 11) is -0.693. The number of aromatic nitrogens is 1.